The third kappa shape index (κ3) is 2.53. The minimum absolute atomic E-state index is 0.0614. The molecule has 0 bridgehead atoms. The summed E-state index contributed by atoms with van der Waals surface area (Å²) >= 11 is 0. The van der Waals surface area contributed by atoms with Crippen LogP contribution in [0.2, 0.25) is 0 Å². The first kappa shape index (κ1) is 16.6. The van der Waals surface area contributed by atoms with E-state index in [4.69, 9.17) is 4.74 Å². The number of fused-ring (bicyclic) bond motifs is 1. The molecule has 0 aromatic heterocycles. The van der Waals surface area contributed by atoms with Crippen molar-refractivity contribution in [3.8, 4) is 0 Å². The number of anilines is 1. The van der Waals surface area contributed by atoms with Gasteiger partial charge in [-0.15, -0.1) is 0 Å². The van der Waals surface area contributed by atoms with E-state index in [0.717, 1.165) is 22.0 Å². The Morgan fingerprint density at radius 1 is 1.24 bits per heavy atom. The fourth-order valence-corrected chi connectivity index (χ4v) is 2.77. The zero-order chi connectivity index (χ0) is 18.3. The van der Waals surface area contributed by atoms with Crippen LogP contribution in [0, 0.1) is 5.82 Å². The van der Waals surface area contributed by atoms with Crippen LogP contribution in [0.25, 0.3) is 0 Å². The Balaban J connectivity index is 2.08. The molecule has 0 aliphatic carbocycles. The molecule has 25 heavy (non-hydrogen) atoms. The van der Waals surface area contributed by atoms with Crippen molar-refractivity contribution in [3.05, 3.63) is 41.4 Å². The maximum atomic E-state index is 13.1. The summed E-state index contributed by atoms with van der Waals surface area (Å²) in [5.41, 5.74) is 2.21. The van der Waals surface area contributed by atoms with Crippen molar-refractivity contribution in [1.82, 2.24) is 10.4 Å². The van der Waals surface area contributed by atoms with Gasteiger partial charge in [-0.1, -0.05) is 0 Å². The summed E-state index contributed by atoms with van der Waals surface area (Å²) in [6.45, 7) is 2.84. The lowest BCUT2D eigenvalue weighted by Gasteiger charge is -2.22. The van der Waals surface area contributed by atoms with Gasteiger partial charge in [-0.3, -0.25) is 19.8 Å². The molecule has 1 atom stereocenters. The van der Waals surface area contributed by atoms with Gasteiger partial charge >= 0.3 is 5.97 Å². The molecule has 1 fully saturated rings. The van der Waals surface area contributed by atoms with E-state index in [9.17, 15) is 23.6 Å². The number of nitrogens with one attached hydrogen (secondary N) is 1. The van der Waals surface area contributed by atoms with Crippen LogP contribution in [0.15, 0.2) is 35.5 Å². The van der Waals surface area contributed by atoms with Gasteiger partial charge in [0.05, 0.1) is 17.9 Å². The van der Waals surface area contributed by atoms with Gasteiger partial charge in [0.2, 0.25) is 5.91 Å². The monoisotopic (exact) mass is 347 g/mol. The quantitative estimate of drug-likeness (QED) is 0.622. The molecular formula is C16H14FN3O5. The van der Waals surface area contributed by atoms with Crippen LogP contribution >= 0.6 is 0 Å². The largest absolute Gasteiger partial charge is 0.461 e. The second-order valence-corrected chi connectivity index (χ2v) is 5.37. The van der Waals surface area contributed by atoms with Crippen molar-refractivity contribution in [1.29, 1.82) is 0 Å². The highest BCUT2D eigenvalue weighted by molar-refractivity contribution is 6.33. The van der Waals surface area contributed by atoms with Gasteiger partial charge in [-0.25, -0.2) is 19.1 Å². The number of benzene rings is 1. The molecule has 0 radical (unpaired) electrons. The number of hydrogen-bond donors (Lipinski definition) is 1. The van der Waals surface area contributed by atoms with E-state index in [1.54, 1.807) is 6.92 Å². The number of imide groups is 1. The predicted molar refractivity (Wildman–Crippen MR) is 82.0 cm³/mol. The number of rotatable bonds is 3. The van der Waals surface area contributed by atoms with Gasteiger partial charge in [0.15, 0.2) is 11.7 Å². The molecule has 1 aromatic rings. The van der Waals surface area contributed by atoms with E-state index < -0.39 is 35.5 Å². The molecule has 3 amide bonds. The highest BCUT2D eigenvalue weighted by Gasteiger charge is 2.55. The number of hydrazine groups is 1. The minimum Gasteiger partial charge on any atom is -0.461 e. The van der Waals surface area contributed by atoms with E-state index in [1.165, 1.54) is 19.1 Å². The second-order valence-electron chi connectivity index (χ2n) is 5.37. The Morgan fingerprint density at radius 3 is 2.44 bits per heavy atom. The lowest BCUT2D eigenvalue weighted by Crippen LogP contribution is -2.48. The van der Waals surface area contributed by atoms with Gasteiger partial charge < -0.3 is 4.74 Å². The normalized spacial score (nSPS) is 19.2. The van der Waals surface area contributed by atoms with Crippen molar-refractivity contribution in [2.75, 3.05) is 11.5 Å². The smallest absolute Gasteiger partial charge is 0.356 e. The van der Waals surface area contributed by atoms with Crippen molar-refractivity contribution in [3.63, 3.8) is 0 Å². The number of carbonyl (C=O) groups excluding carboxylic acids is 4. The number of nitrogens with zero attached hydrogens (tertiary/aromatic N) is 2. The summed E-state index contributed by atoms with van der Waals surface area (Å²) in [4.78, 5) is 50.2. The molecule has 2 aliphatic heterocycles. The van der Waals surface area contributed by atoms with E-state index in [-0.39, 0.29) is 23.6 Å². The lowest BCUT2D eigenvalue weighted by molar-refractivity contribution is -0.141. The van der Waals surface area contributed by atoms with Gasteiger partial charge in [-0.2, -0.15) is 0 Å². The number of carbonyl (C=O) groups is 4. The first-order chi connectivity index (χ1) is 11.9. The molecule has 0 saturated carbocycles. The summed E-state index contributed by atoms with van der Waals surface area (Å²) in [6.07, 6.45) is 0. The molecule has 1 N–H and O–H groups in total. The van der Waals surface area contributed by atoms with Gasteiger partial charge in [0.25, 0.3) is 11.8 Å². The van der Waals surface area contributed by atoms with E-state index >= 15 is 0 Å². The Bertz CT molecular complexity index is 818. The number of ether oxygens (including phenoxy) is 1. The SMILES string of the molecule is CCOC(=O)C1=C2C(=O)N(c3ccc(F)cc3)C(=O)C2N(C(C)=O)N1. The molecule has 1 aromatic carbocycles. The molecular weight excluding hydrogens is 333 g/mol. The molecule has 1 unspecified atom stereocenters. The number of hydrogen-bond acceptors (Lipinski definition) is 6. The highest BCUT2D eigenvalue weighted by Crippen LogP contribution is 2.34. The van der Waals surface area contributed by atoms with Crippen LogP contribution in [0.4, 0.5) is 10.1 Å². The third-order valence-corrected chi connectivity index (χ3v) is 3.82. The molecule has 130 valence electrons. The van der Waals surface area contributed by atoms with Gasteiger partial charge in [-0.05, 0) is 31.2 Å². The molecule has 2 aliphatic rings. The zero-order valence-corrected chi connectivity index (χ0v) is 13.4. The van der Waals surface area contributed by atoms with Crippen LogP contribution in [-0.4, -0.2) is 41.3 Å². The average molecular weight is 347 g/mol. The van der Waals surface area contributed by atoms with E-state index in [2.05, 4.69) is 5.43 Å². The summed E-state index contributed by atoms with van der Waals surface area (Å²) in [7, 11) is 0. The van der Waals surface area contributed by atoms with Crippen LogP contribution in [0.3, 0.4) is 0 Å². The lowest BCUT2D eigenvalue weighted by atomic mass is 10.1. The van der Waals surface area contributed by atoms with Crippen molar-refractivity contribution >= 4 is 29.4 Å². The molecule has 8 nitrogen and oxygen atoms in total. The van der Waals surface area contributed by atoms with Gasteiger partial charge in [0.1, 0.15) is 5.82 Å². The number of amides is 3. The van der Waals surface area contributed by atoms with Crippen LogP contribution < -0.4 is 10.3 Å². The second kappa shape index (κ2) is 6.00. The van der Waals surface area contributed by atoms with Crippen LogP contribution in [-0.2, 0) is 23.9 Å². The highest BCUT2D eigenvalue weighted by atomic mass is 19.1. The Morgan fingerprint density at radius 2 is 1.88 bits per heavy atom. The maximum Gasteiger partial charge on any atom is 0.356 e. The van der Waals surface area contributed by atoms with Crippen molar-refractivity contribution in [2.45, 2.75) is 19.9 Å². The Kier molecular flexibility index (Phi) is 3.99. The topological polar surface area (TPSA) is 96.0 Å². The number of esters is 1. The zero-order valence-electron chi connectivity index (χ0n) is 13.4. The molecule has 3 rings (SSSR count). The molecule has 2 heterocycles. The molecule has 0 spiro atoms. The maximum absolute atomic E-state index is 13.1. The first-order valence-corrected chi connectivity index (χ1v) is 7.48. The summed E-state index contributed by atoms with van der Waals surface area (Å²) in [5.74, 6) is -3.40. The summed E-state index contributed by atoms with van der Waals surface area (Å²) < 4.78 is 18.0. The molecule has 1 saturated heterocycles. The van der Waals surface area contributed by atoms with E-state index in [1.807, 2.05) is 0 Å². The number of halogens is 1. The third-order valence-electron chi connectivity index (χ3n) is 3.82. The van der Waals surface area contributed by atoms with Crippen molar-refractivity contribution < 1.29 is 28.3 Å². The average Bonchev–Trinajstić information content (AvgIpc) is 3.07. The summed E-state index contributed by atoms with van der Waals surface area (Å²) in [5, 5.41) is 0.908. The standard InChI is InChI=1S/C16H14FN3O5/c1-3-25-16(24)12-11-13(20(18-12)8(2)21)15(23)19(14(11)22)10-6-4-9(17)5-7-10/h4-7,13,18H,3H2,1-2H3. The molecule has 9 heteroatoms. The fourth-order valence-electron chi connectivity index (χ4n) is 2.77. The van der Waals surface area contributed by atoms with Crippen LogP contribution in [0.1, 0.15) is 13.8 Å². The van der Waals surface area contributed by atoms with Gasteiger partial charge in [0, 0.05) is 6.92 Å². The Labute approximate surface area is 141 Å². The summed E-state index contributed by atoms with van der Waals surface area (Å²) in [6, 6.07) is 3.47. The minimum atomic E-state index is -1.27. The predicted octanol–water partition coefficient (Wildman–Crippen LogP) is 0.251. The van der Waals surface area contributed by atoms with E-state index in [0.29, 0.717) is 0 Å². The Hall–Kier alpha value is -3.23. The first-order valence-electron chi connectivity index (χ1n) is 7.48. The van der Waals surface area contributed by atoms with Crippen molar-refractivity contribution in [2.24, 2.45) is 0 Å². The van der Waals surface area contributed by atoms with Crippen LogP contribution in [0.5, 0.6) is 0 Å². The fraction of sp³-hybridized carbons (Fsp3) is 0.250.